The van der Waals surface area contributed by atoms with Gasteiger partial charge < -0.3 is 10.4 Å². The Morgan fingerprint density at radius 1 is 1.00 bits per heavy atom. The lowest BCUT2D eigenvalue weighted by Gasteiger charge is -2.35. The van der Waals surface area contributed by atoms with Gasteiger partial charge in [-0.25, -0.2) is 0 Å². The molecule has 2 N–H and O–H groups in total. The monoisotopic (exact) mass is 281 g/mol. The van der Waals surface area contributed by atoms with Crippen LogP contribution < -0.4 is 5.32 Å². The fourth-order valence-electron chi connectivity index (χ4n) is 3.37. The SMILES string of the molecule is Cc1cccc(C(O)(c2cccc(C)c2)[C@H]2CCCN2)c1. The molecule has 0 amide bonds. The van der Waals surface area contributed by atoms with E-state index in [4.69, 9.17) is 0 Å². The van der Waals surface area contributed by atoms with E-state index in [1.54, 1.807) is 0 Å². The summed E-state index contributed by atoms with van der Waals surface area (Å²) in [7, 11) is 0. The number of hydrogen-bond acceptors (Lipinski definition) is 2. The van der Waals surface area contributed by atoms with E-state index in [1.165, 1.54) is 11.1 Å². The smallest absolute Gasteiger partial charge is 0.130 e. The number of hydrogen-bond donors (Lipinski definition) is 2. The minimum absolute atomic E-state index is 0.0705. The number of aryl methyl sites for hydroxylation is 2. The van der Waals surface area contributed by atoms with E-state index in [9.17, 15) is 5.11 Å². The van der Waals surface area contributed by atoms with Gasteiger partial charge in [0.1, 0.15) is 5.60 Å². The third-order valence-electron chi connectivity index (χ3n) is 4.48. The fourth-order valence-corrected chi connectivity index (χ4v) is 3.37. The lowest BCUT2D eigenvalue weighted by molar-refractivity contribution is 0.0441. The molecule has 2 aromatic carbocycles. The molecule has 1 aliphatic heterocycles. The summed E-state index contributed by atoms with van der Waals surface area (Å²) in [6, 6.07) is 16.5. The average Bonchev–Trinajstić information content (AvgIpc) is 3.01. The van der Waals surface area contributed by atoms with Gasteiger partial charge in [-0.3, -0.25) is 0 Å². The molecule has 0 saturated carbocycles. The van der Waals surface area contributed by atoms with E-state index in [0.717, 1.165) is 30.5 Å². The van der Waals surface area contributed by atoms with E-state index in [2.05, 4.69) is 43.4 Å². The Kier molecular flexibility index (Phi) is 3.83. The number of aliphatic hydroxyl groups is 1. The van der Waals surface area contributed by atoms with Crippen molar-refractivity contribution < 1.29 is 5.11 Å². The highest BCUT2D eigenvalue weighted by atomic mass is 16.3. The zero-order valence-corrected chi connectivity index (χ0v) is 12.8. The summed E-state index contributed by atoms with van der Waals surface area (Å²) in [5.41, 5.74) is 3.35. The van der Waals surface area contributed by atoms with Gasteiger partial charge in [0.15, 0.2) is 0 Å². The first-order valence-corrected chi connectivity index (χ1v) is 7.71. The molecule has 0 aliphatic carbocycles. The summed E-state index contributed by atoms with van der Waals surface area (Å²) in [5.74, 6) is 0. The van der Waals surface area contributed by atoms with Crippen molar-refractivity contribution in [2.24, 2.45) is 0 Å². The summed E-state index contributed by atoms with van der Waals surface area (Å²) in [6.07, 6.45) is 2.11. The first kappa shape index (κ1) is 14.3. The Bertz CT molecular complexity index is 583. The summed E-state index contributed by atoms with van der Waals surface area (Å²) in [4.78, 5) is 0. The maximum absolute atomic E-state index is 11.6. The molecule has 1 fully saturated rings. The van der Waals surface area contributed by atoms with Crippen LogP contribution >= 0.6 is 0 Å². The molecule has 21 heavy (non-hydrogen) atoms. The molecule has 0 unspecified atom stereocenters. The van der Waals surface area contributed by atoms with Crippen molar-refractivity contribution in [3.8, 4) is 0 Å². The van der Waals surface area contributed by atoms with Gasteiger partial charge in [0.05, 0.1) is 0 Å². The Hall–Kier alpha value is -1.64. The highest BCUT2D eigenvalue weighted by Gasteiger charge is 2.41. The second-order valence-corrected chi connectivity index (χ2v) is 6.15. The predicted molar refractivity (Wildman–Crippen MR) is 86.4 cm³/mol. The largest absolute Gasteiger partial charge is 0.379 e. The molecule has 1 heterocycles. The van der Waals surface area contributed by atoms with Gasteiger partial charge >= 0.3 is 0 Å². The van der Waals surface area contributed by atoms with Crippen molar-refractivity contribution in [1.82, 2.24) is 5.32 Å². The predicted octanol–water partition coefficient (Wildman–Crippen LogP) is 3.29. The van der Waals surface area contributed by atoms with Crippen molar-refractivity contribution in [3.63, 3.8) is 0 Å². The molecular formula is C19H23NO. The van der Waals surface area contributed by atoms with Gasteiger partial charge in [-0.05, 0) is 44.4 Å². The van der Waals surface area contributed by atoms with Crippen molar-refractivity contribution in [2.75, 3.05) is 6.54 Å². The van der Waals surface area contributed by atoms with E-state index >= 15 is 0 Å². The van der Waals surface area contributed by atoms with E-state index < -0.39 is 5.60 Å². The van der Waals surface area contributed by atoms with Gasteiger partial charge in [0.25, 0.3) is 0 Å². The molecule has 2 aromatic rings. The van der Waals surface area contributed by atoms with Crippen LogP contribution in [0, 0.1) is 13.8 Å². The van der Waals surface area contributed by atoms with Gasteiger partial charge in [-0.1, -0.05) is 59.7 Å². The van der Waals surface area contributed by atoms with E-state index in [-0.39, 0.29) is 6.04 Å². The lowest BCUT2D eigenvalue weighted by atomic mass is 9.78. The van der Waals surface area contributed by atoms with Gasteiger partial charge in [-0.2, -0.15) is 0 Å². The number of nitrogens with one attached hydrogen (secondary N) is 1. The molecule has 1 saturated heterocycles. The molecule has 0 aromatic heterocycles. The van der Waals surface area contributed by atoms with Crippen LogP contribution in [0.2, 0.25) is 0 Å². The van der Waals surface area contributed by atoms with Crippen LogP contribution in [-0.4, -0.2) is 17.7 Å². The highest BCUT2D eigenvalue weighted by Crippen LogP contribution is 2.37. The molecule has 1 atom stereocenters. The number of benzene rings is 2. The second kappa shape index (κ2) is 5.63. The van der Waals surface area contributed by atoms with E-state index in [0.29, 0.717) is 0 Å². The summed E-state index contributed by atoms with van der Waals surface area (Å²) >= 11 is 0. The Morgan fingerprint density at radius 2 is 1.57 bits per heavy atom. The first-order chi connectivity index (χ1) is 10.1. The summed E-state index contributed by atoms with van der Waals surface area (Å²) in [5, 5.41) is 15.1. The van der Waals surface area contributed by atoms with Crippen LogP contribution in [0.3, 0.4) is 0 Å². The molecule has 0 spiro atoms. The Balaban J connectivity index is 2.15. The van der Waals surface area contributed by atoms with Gasteiger partial charge in [0, 0.05) is 6.04 Å². The normalized spacial score (nSPS) is 18.9. The molecule has 3 rings (SSSR count). The summed E-state index contributed by atoms with van der Waals surface area (Å²) < 4.78 is 0. The molecule has 2 nitrogen and oxygen atoms in total. The first-order valence-electron chi connectivity index (χ1n) is 7.71. The number of rotatable bonds is 3. The molecule has 0 bridgehead atoms. The molecule has 0 radical (unpaired) electrons. The Morgan fingerprint density at radius 3 is 2.00 bits per heavy atom. The maximum Gasteiger partial charge on any atom is 0.130 e. The minimum atomic E-state index is -0.964. The average molecular weight is 281 g/mol. The third-order valence-corrected chi connectivity index (χ3v) is 4.48. The van der Waals surface area contributed by atoms with Crippen molar-refractivity contribution in [1.29, 1.82) is 0 Å². The summed E-state index contributed by atoms with van der Waals surface area (Å²) in [6.45, 7) is 5.12. The minimum Gasteiger partial charge on any atom is -0.379 e. The van der Waals surface area contributed by atoms with Crippen LogP contribution in [0.5, 0.6) is 0 Å². The van der Waals surface area contributed by atoms with Crippen LogP contribution in [-0.2, 0) is 5.60 Å². The second-order valence-electron chi connectivity index (χ2n) is 6.15. The standard InChI is InChI=1S/C19H23NO/c1-14-6-3-8-16(12-14)19(21,18-10-5-11-20-18)17-9-4-7-15(2)13-17/h3-4,6-9,12-13,18,20-21H,5,10-11H2,1-2H3/t18-/m1/s1. The van der Waals surface area contributed by atoms with Crippen LogP contribution in [0.4, 0.5) is 0 Å². The molecular weight excluding hydrogens is 258 g/mol. The van der Waals surface area contributed by atoms with Gasteiger partial charge in [-0.15, -0.1) is 0 Å². The third kappa shape index (κ3) is 2.61. The van der Waals surface area contributed by atoms with Gasteiger partial charge in [0.2, 0.25) is 0 Å². The maximum atomic E-state index is 11.6. The molecule has 110 valence electrons. The Labute approximate surface area is 126 Å². The van der Waals surface area contributed by atoms with E-state index in [1.807, 2.05) is 24.3 Å². The quantitative estimate of drug-likeness (QED) is 0.905. The zero-order valence-electron chi connectivity index (χ0n) is 12.8. The van der Waals surface area contributed by atoms with Crippen LogP contribution in [0.25, 0.3) is 0 Å². The highest BCUT2D eigenvalue weighted by molar-refractivity contribution is 5.41. The molecule has 2 heteroatoms. The fraction of sp³-hybridized carbons (Fsp3) is 0.368. The van der Waals surface area contributed by atoms with Crippen molar-refractivity contribution >= 4 is 0 Å². The lowest BCUT2D eigenvalue weighted by Crippen LogP contribution is -2.46. The van der Waals surface area contributed by atoms with Crippen LogP contribution in [0.15, 0.2) is 48.5 Å². The van der Waals surface area contributed by atoms with Crippen LogP contribution in [0.1, 0.15) is 35.1 Å². The zero-order chi connectivity index (χ0) is 14.9. The van der Waals surface area contributed by atoms with Crippen molar-refractivity contribution in [3.05, 3.63) is 70.8 Å². The van der Waals surface area contributed by atoms with Crippen molar-refractivity contribution in [2.45, 2.75) is 38.3 Å². The topological polar surface area (TPSA) is 32.3 Å². The molecule has 1 aliphatic rings.